The van der Waals surface area contributed by atoms with Gasteiger partial charge in [0.15, 0.2) is 6.10 Å². The maximum atomic E-state index is 11.3. The van der Waals surface area contributed by atoms with Crippen molar-refractivity contribution in [3.8, 4) is 5.75 Å². The molecule has 0 aliphatic carbocycles. The summed E-state index contributed by atoms with van der Waals surface area (Å²) in [6, 6.07) is 15.9. The summed E-state index contributed by atoms with van der Waals surface area (Å²) < 4.78 is 5.51. The molecule has 0 aliphatic heterocycles. The SMILES string of the molecule is O=C(O)C(Cc1ccccc1)Oc1ccc(/C=N/O)cc1. The lowest BCUT2D eigenvalue weighted by Crippen LogP contribution is -2.29. The van der Waals surface area contributed by atoms with Gasteiger partial charge in [-0.05, 0) is 35.4 Å². The van der Waals surface area contributed by atoms with Gasteiger partial charge >= 0.3 is 5.97 Å². The van der Waals surface area contributed by atoms with Gasteiger partial charge in [-0.3, -0.25) is 0 Å². The van der Waals surface area contributed by atoms with Gasteiger partial charge in [-0.1, -0.05) is 35.5 Å². The van der Waals surface area contributed by atoms with Crippen LogP contribution in [0.25, 0.3) is 0 Å². The number of ether oxygens (including phenoxy) is 1. The number of hydrogen-bond acceptors (Lipinski definition) is 4. The molecule has 21 heavy (non-hydrogen) atoms. The van der Waals surface area contributed by atoms with E-state index in [2.05, 4.69) is 5.16 Å². The zero-order valence-electron chi connectivity index (χ0n) is 11.2. The van der Waals surface area contributed by atoms with Crippen LogP contribution < -0.4 is 4.74 Å². The highest BCUT2D eigenvalue weighted by molar-refractivity contribution is 5.79. The zero-order chi connectivity index (χ0) is 15.1. The number of aliphatic carboxylic acids is 1. The molecule has 1 atom stereocenters. The van der Waals surface area contributed by atoms with Crippen molar-refractivity contribution < 1.29 is 19.8 Å². The Morgan fingerprint density at radius 2 is 1.81 bits per heavy atom. The summed E-state index contributed by atoms with van der Waals surface area (Å²) in [6.45, 7) is 0. The summed E-state index contributed by atoms with van der Waals surface area (Å²) >= 11 is 0. The van der Waals surface area contributed by atoms with Crippen molar-refractivity contribution in [3.63, 3.8) is 0 Å². The maximum absolute atomic E-state index is 11.3. The van der Waals surface area contributed by atoms with Crippen LogP contribution in [0.15, 0.2) is 59.8 Å². The molecule has 2 aromatic rings. The minimum Gasteiger partial charge on any atom is -0.478 e. The minimum absolute atomic E-state index is 0.288. The molecule has 0 bridgehead atoms. The highest BCUT2D eigenvalue weighted by Crippen LogP contribution is 2.15. The van der Waals surface area contributed by atoms with Gasteiger partial charge in [0.25, 0.3) is 0 Å². The van der Waals surface area contributed by atoms with Crippen molar-refractivity contribution in [2.75, 3.05) is 0 Å². The van der Waals surface area contributed by atoms with Crippen LogP contribution in [0.5, 0.6) is 5.75 Å². The standard InChI is InChI=1S/C16H15NO4/c18-16(19)15(10-12-4-2-1-3-5-12)21-14-8-6-13(7-9-14)11-17-20/h1-9,11,15,20H,10H2,(H,18,19)/b17-11+. The smallest absolute Gasteiger partial charge is 0.345 e. The van der Waals surface area contributed by atoms with E-state index in [0.29, 0.717) is 11.3 Å². The molecule has 0 fully saturated rings. The van der Waals surface area contributed by atoms with Gasteiger partial charge in [0.2, 0.25) is 0 Å². The largest absolute Gasteiger partial charge is 0.478 e. The number of benzene rings is 2. The van der Waals surface area contributed by atoms with E-state index in [-0.39, 0.29) is 6.42 Å². The highest BCUT2D eigenvalue weighted by atomic mass is 16.5. The number of nitrogens with zero attached hydrogens (tertiary/aromatic N) is 1. The second-order valence-electron chi connectivity index (χ2n) is 4.45. The molecule has 5 heteroatoms. The van der Waals surface area contributed by atoms with Crippen LogP contribution in [0.3, 0.4) is 0 Å². The van der Waals surface area contributed by atoms with Gasteiger partial charge in [0.1, 0.15) is 5.75 Å². The van der Waals surface area contributed by atoms with Gasteiger partial charge in [0, 0.05) is 6.42 Å². The van der Waals surface area contributed by atoms with Crippen molar-refractivity contribution in [2.45, 2.75) is 12.5 Å². The number of hydrogen-bond donors (Lipinski definition) is 2. The molecule has 0 saturated carbocycles. The molecule has 0 aliphatic rings. The molecule has 2 N–H and O–H groups in total. The van der Waals surface area contributed by atoms with E-state index in [1.54, 1.807) is 24.3 Å². The zero-order valence-corrected chi connectivity index (χ0v) is 11.2. The Morgan fingerprint density at radius 3 is 2.38 bits per heavy atom. The molecular weight excluding hydrogens is 270 g/mol. The van der Waals surface area contributed by atoms with Gasteiger partial charge in [-0.25, -0.2) is 4.79 Å². The summed E-state index contributed by atoms with van der Waals surface area (Å²) in [5.74, 6) is -0.562. The predicted octanol–water partition coefficient (Wildman–Crippen LogP) is 2.57. The van der Waals surface area contributed by atoms with Crippen molar-refractivity contribution in [3.05, 3.63) is 65.7 Å². The number of rotatable bonds is 6. The summed E-state index contributed by atoms with van der Waals surface area (Å²) in [4.78, 5) is 11.3. The Morgan fingerprint density at radius 1 is 1.14 bits per heavy atom. The topological polar surface area (TPSA) is 79.1 Å². The van der Waals surface area contributed by atoms with E-state index in [1.807, 2.05) is 30.3 Å². The molecule has 5 nitrogen and oxygen atoms in total. The maximum Gasteiger partial charge on any atom is 0.345 e. The van der Waals surface area contributed by atoms with Crippen molar-refractivity contribution in [1.29, 1.82) is 0 Å². The van der Waals surface area contributed by atoms with Crippen molar-refractivity contribution in [1.82, 2.24) is 0 Å². The summed E-state index contributed by atoms with van der Waals surface area (Å²) in [5, 5.41) is 20.6. The van der Waals surface area contributed by atoms with Crippen LogP contribution in [0.2, 0.25) is 0 Å². The minimum atomic E-state index is -1.01. The fraction of sp³-hybridized carbons (Fsp3) is 0.125. The average molecular weight is 285 g/mol. The molecule has 2 rings (SSSR count). The first-order valence-electron chi connectivity index (χ1n) is 6.40. The highest BCUT2D eigenvalue weighted by Gasteiger charge is 2.19. The van der Waals surface area contributed by atoms with Crippen LogP contribution in [0.1, 0.15) is 11.1 Å². The predicted molar refractivity (Wildman–Crippen MR) is 78.0 cm³/mol. The van der Waals surface area contributed by atoms with Crippen LogP contribution in [0, 0.1) is 0 Å². The lowest BCUT2D eigenvalue weighted by atomic mass is 10.1. The van der Waals surface area contributed by atoms with E-state index in [4.69, 9.17) is 9.94 Å². The van der Waals surface area contributed by atoms with Crippen LogP contribution >= 0.6 is 0 Å². The Bertz CT molecular complexity index is 608. The van der Waals surface area contributed by atoms with Gasteiger partial charge in [0.05, 0.1) is 6.21 Å². The van der Waals surface area contributed by atoms with Gasteiger partial charge in [-0.2, -0.15) is 0 Å². The fourth-order valence-corrected chi connectivity index (χ4v) is 1.87. The molecule has 0 saturated heterocycles. The lowest BCUT2D eigenvalue weighted by Gasteiger charge is -2.15. The molecule has 0 radical (unpaired) electrons. The second kappa shape index (κ2) is 7.09. The Labute approximate surface area is 122 Å². The number of carboxylic acids is 1. The molecule has 0 aromatic heterocycles. The van der Waals surface area contributed by atoms with Crippen LogP contribution in [0.4, 0.5) is 0 Å². The molecule has 108 valence electrons. The van der Waals surface area contributed by atoms with Crippen LogP contribution in [-0.2, 0) is 11.2 Å². The van der Waals surface area contributed by atoms with Crippen LogP contribution in [-0.4, -0.2) is 28.6 Å². The first-order valence-corrected chi connectivity index (χ1v) is 6.40. The quantitative estimate of drug-likeness (QED) is 0.485. The molecular formula is C16H15NO4. The summed E-state index contributed by atoms with van der Waals surface area (Å²) in [6.07, 6.45) is 0.614. The van der Waals surface area contributed by atoms with Gasteiger partial charge < -0.3 is 15.1 Å². The monoisotopic (exact) mass is 285 g/mol. The fourth-order valence-electron chi connectivity index (χ4n) is 1.87. The van der Waals surface area contributed by atoms with E-state index in [1.165, 1.54) is 6.21 Å². The second-order valence-corrected chi connectivity index (χ2v) is 4.45. The molecule has 0 spiro atoms. The normalized spacial score (nSPS) is 12.2. The van der Waals surface area contributed by atoms with E-state index in [0.717, 1.165) is 5.56 Å². The van der Waals surface area contributed by atoms with E-state index in [9.17, 15) is 9.90 Å². The van der Waals surface area contributed by atoms with Gasteiger partial charge in [-0.15, -0.1) is 0 Å². The Balaban J connectivity index is 2.07. The first-order chi connectivity index (χ1) is 10.2. The third kappa shape index (κ3) is 4.35. The first kappa shape index (κ1) is 14.6. The molecule has 1 unspecified atom stereocenters. The molecule has 0 amide bonds. The Hall–Kier alpha value is -2.82. The third-order valence-corrected chi connectivity index (χ3v) is 2.90. The number of carboxylic acid groups (broad SMARTS) is 1. The molecule has 2 aromatic carbocycles. The summed E-state index contributed by atoms with van der Waals surface area (Å²) in [7, 11) is 0. The Kier molecular flexibility index (Phi) is 4.93. The average Bonchev–Trinajstić information content (AvgIpc) is 2.50. The lowest BCUT2D eigenvalue weighted by molar-refractivity contribution is -0.145. The number of oxime groups is 1. The van der Waals surface area contributed by atoms with E-state index >= 15 is 0 Å². The third-order valence-electron chi connectivity index (χ3n) is 2.90. The van der Waals surface area contributed by atoms with Crippen molar-refractivity contribution >= 4 is 12.2 Å². The number of carbonyl (C=O) groups is 1. The molecule has 0 heterocycles. The summed E-state index contributed by atoms with van der Waals surface area (Å²) in [5.41, 5.74) is 1.59. The van der Waals surface area contributed by atoms with Crippen molar-refractivity contribution in [2.24, 2.45) is 5.16 Å². The van der Waals surface area contributed by atoms with E-state index < -0.39 is 12.1 Å².